The molecule has 0 spiro atoms. The van der Waals surface area contributed by atoms with Gasteiger partial charge in [0.05, 0.1) is 18.3 Å². The SMILES string of the molecule is O=C(NC[C@H](O)CO)C(F)(F)c1ccccc1F. The predicted molar refractivity (Wildman–Crippen MR) is 56.4 cm³/mol. The van der Waals surface area contributed by atoms with E-state index in [9.17, 15) is 18.0 Å². The molecule has 0 fully saturated rings. The van der Waals surface area contributed by atoms with E-state index < -0.39 is 42.5 Å². The first-order valence-corrected chi connectivity index (χ1v) is 5.09. The number of aliphatic hydroxyl groups excluding tert-OH is 2. The van der Waals surface area contributed by atoms with E-state index >= 15 is 0 Å². The Hall–Kier alpha value is -1.60. The molecule has 0 saturated heterocycles. The molecule has 0 unspecified atom stereocenters. The summed E-state index contributed by atoms with van der Waals surface area (Å²) in [5.41, 5.74) is -1.04. The molecular weight excluding hydrogens is 251 g/mol. The minimum absolute atomic E-state index is 0.542. The average Bonchev–Trinajstić information content (AvgIpc) is 2.35. The van der Waals surface area contributed by atoms with Crippen LogP contribution in [0.15, 0.2) is 24.3 Å². The molecule has 1 amide bonds. The smallest absolute Gasteiger partial charge is 0.352 e. The number of hydrogen-bond donors (Lipinski definition) is 3. The van der Waals surface area contributed by atoms with Gasteiger partial charge in [-0.25, -0.2) is 4.39 Å². The molecule has 0 aliphatic heterocycles. The maximum Gasteiger partial charge on any atom is 0.352 e. The van der Waals surface area contributed by atoms with Crippen molar-refractivity contribution in [1.82, 2.24) is 5.32 Å². The number of amides is 1. The maximum absolute atomic E-state index is 13.6. The van der Waals surface area contributed by atoms with Crippen molar-refractivity contribution in [3.8, 4) is 0 Å². The summed E-state index contributed by atoms with van der Waals surface area (Å²) < 4.78 is 40.3. The van der Waals surface area contributed by atoms with Gasteiger partial charge in [-0.3, -0.25) is 4.79 Å². The van der Waals surface area contributed by atoms with Crippen LogP contribution in [0.25, 0.3) is 0 Å². The summed E-state index contributed by atoms with van der Waals surface area (Å²) in [6.07, 6.45) is -1.34. The average molecular weight is 263 g/mol. The van der Waals surface area contributed by atoms with Gasteiger partial charge in [-0.15, -0.1) is 0 Å². The molecular formula is C11H12F3NO3. The van der Waals surface area contributed by atoms with Crippen LogP contribution in [0.4, 0.5) is 13.2 Å². The van der Waals surface area contributed by atoms with Gasteiger partial charge in [0.25, 0.3) is 5.91 Å². The van der Waals surface area contributed by atoms with Gasteiger partial charge >= 0.3 is 5.92 Å². The molecule has 0 saturated carbocycles. The van der Waals surface area contributed by atoms with Crippen molar-refractivity contribution < 1.29 is 28.2 Å². The van der Waals surface area contributed by atoms with Crippen LogP contribution in [0.5, 0.6) is 0 Å². The molecule has 3 N–H and O–H groups in total. The highest BCUT2D eigenvalue weighted by Gasteiger charge is 2.42. The Kier molecular flexibility index (Phi) is 4.69. The monoisotopic (exact) mass is 263 g/mol. The lowest BCUT2D eigenvalue weighted by Gasteiger charge is -2.17. The normalized spacial score (nSPS) is 13.2. The van der Waals surface area contributed by atoms with Gasteiger partial charge in [-0.1, -0.05) is 12.1 Å². The highest BCUT2D eigenvalue weighted by molar-refractivity contribution is 5.84. The molecule has 4 nitrogen and oxygen atoms in total. The van der Waals surface area contributed by atoms with Crippen molar-refractivity contribution in [3.05, 3.63) is 35.6 Å². The van der Waals surface area contributed by atoms with Crippen molar-refractivity contribution in [1.29, 1.82) is 0 Å². The number of carbonyl (C=O) groups is 1. The molecule has 0 bridgehead atoms. The van der Waals surface area contributed by atoms with E-state index in [0.717, 1.165) is 12.1 Å². The van der Waals surface area contributed by atoms with Crippen LogP contribution in [-0.2, 0) is 10.7 Å². The zero-order chi connectivity index (χ0) is 13.8. The molecule has 7 heteroatoms. The van der Waals surface area contributed by atoms with Crippen LogP contribution in [0, 0.1) is 5.82 Å². The second-order valence-electron chi connectivity index (χ2n) is 3.60. The van der Waals surface area contributed by atoms with Crippen molar-refractivity contribution in [2.45, 2.75) is 12.0 Å². The molecule has 1 aromatic rings. The number of hydrogen-bond acceptors (Lipinski definition) is 3. The van der Waals surface area contributed by atoms with E-state index in [4.69, 9.17) is 10.2 Å². The van der Waals surface area contributed by atoms with Crippen LogP contribution in [0.2, 0.25) is 0 Å². The van der Waals surface area contributed by atoms with E-state index in [1.54, 1.807) is 5.32 Å². The minimum Gasteiger partial charge on any atom is -0.394 e. The van der Waals surface area contributed by atoms with E-state index in [-0.39, 0.29) is 0 Å². The Morgan fingerprint density at radius 1 is 1.39 bits per heavy atom. The molecule has 100 valence electrons. The van der Waals surface area contributed by atoms with Gasteiger partial charge in [0.15, 0.2) is 0 Å². The van der Waals surface area contributed by atoms with Gasteiger partial charge in [0.1, 0.15) is 5.82 Å². The fourth-order valence-electron chi connectivity index (χ4n) is 1.22. The van der Waals surface area contributed by atoms with Gasteiger partial charge in [-0.2, -0.15) is 8.78 Å². The number of benzene rings is 1. The Balaban J connectivity index is 2.80. The highest BCUT2D eigenvalue weighted by atomic mass is 19.3. The van der Waals surface area contributed by atoms with Gasteiger partial charge in [0.2, 0.25) is 0 Å². The summed E-state index contributed by atoms with van der Waals surface area (Å²) in [7, 11) is 0. The van der Waals surface area contributed by atoms with Gasteiger partial charge in [0, 0.05) is 6.54 Å². The lowest BCUT2D eigenvalue weighted by Crippen LogP contribution is -2.42. The number of aliphatic hydroxyl groups is 2. The van der Waals surface area contributed by atoms with E-state index in [1.807, 2.05) is 0 Å². The van der Waals surface area contributed by atoms with E-state index in [2.05, 4.69) is 0 Å². The lowest BCUT2D eigenvalue weighted by atomic mass is 10.1. The third-order valence-corrected chi connectivity index (χ3v) is 2.21. The first-order valence-electron chi connectivity index (χ1n) is 5.09. The van der Waals surface area contributed by atoms with Gasteiger partial charge in [-0.05, 0) is 12.1 Å². The van der Waals surface area contributed by atoms with Crippen molar-refractivity contribution in [3.63, 3.8) is 0 Å². The number of halogens is 3. The number of alkyl halides is 2. The Morgan fingerprint density at radius 3 is 2.56 bits per heavy atom. The number of rotatable bonds is 5. The third kappa shape index (κ3) is 3.21. The van der Waals surface area contributed by atoms with Crippen LogP contribution in [0.1, 0.15) is 5.56 Å². The highest BCUT2D eigenvalue weighted by Crippen LogP contribution is 2.29. The molecule has 1 aromatic carbocycles. The van der Waals surface area contributed by atoms with Crippen LogP contribution < -0.4 is 5.32 Å². The second-order valence-corrected chi connectivity index (χ2v) is 3.60. The standard InChI is InChI=1S/C11H12F3NO3/c12-9-4-2-1-3-8(9)11(13,14)10(18)15-5-7(17)6-16/h1-4,7,16-17H,5-6H2,(H,15,18)/t7-/m0/s1. The Morgan fingerprint density at radius 2 is 2.00 bits per heavy atom. The van der Waals surface area contributed by atoms with Crippen LogP contribution >= 0.6 is 0 Å². The number of nitrogens with one attached hydrogen (secondary N) is 1. The quantitative estimate of drug-likeness (QED) is 0.719. The van der Waals surface area contributed by atoms with Gasteiger partial charge < -0.3 is 15.5 Å². The first kappa shape index (κ1) is 14.5. The molecule has 0 aromatic heterocycles. The van der Waals surface area contributed by atoms with E-state index in [1.165, 1.54) is 12.1 Å². The zero-order valence-electron chi connectivity index (χ0n) is 9.24. The zero-order valence-corrected chi connectivity index (χ0v) is 9.24. The molecule has 1 rings (SSSR count). The van der Waals surface area contributed by atoms with Crippen LogP contribution in [-0.4, -0.2) is 35.4 Å². The van der Waals surface area contributed by atoms with Crippen molar-refractivity contribution in [2.24, 2.45) is 0 Å². The third-order valence-electron chi connectivity index (χ3n) is 2.21. The predicted octanol–water partition coefficient (Wildman–Crippen LogP) is 0.387. The molecule has 0 heterocycles. The molecule has 0 radical (unpaired) electrons. The minimum atomic E-state index is -4.04. The maximum atomic E-state index is 13.6. The van der Waals surface area contributed by atoms with E-state index in [0.29, 0.717) is 0 Å². The fraction of sp³-hybridized carbons (Fsp3) is 0.364. The molecule has 0 aliphatic carbocycles. The van der Waals surface area contributed by atoms with Crippen molar-refractivity contribution >= 4 is 5.91 Å². The summed E-state index contributed by atoms with van der Waals surface area (Å²) >= 11 is 0. The van der Waals surface area contributed by atoms with Crippen LogP contribution in [0.3, 0.4) is 0 Å². The molecule has 1 atom stereocenters. The largest absolute Gasteiger partial charge is 0.394 e. The first-order chi connectivity index (χ1) is 8.39. The Bertz CT molecular complexity index is 426. The summed E-state index contributed by atoms with van der Waals surface area (Å²) in [4.78, 5) is 11.2. The Labute approximate surface area is 101 Å². The van der Waals surface area contributed by atoms with Crippen molar-refractivity contribution in [2.75, 3.05) is 13.2 Å². The molecule has 18 heavy (non-hydrogen) atoms. The molecule has 0 aliphatic rings. The summed E-state index contributed by atoms with van der Waals surface area (Å²) in [5.74, 6) is -6.97. The topological polar surface area (TPSA) is 69.6 Å². The summed E-state index contributed by atoms with van der Waals surface area (Å²) in [6, 6.07) is 4.03. The fourth-order valence-corrected chi connectivity index (χ4v) is 1.22. The summed E-state index contributed by atoms with van der Waals surface area (Å²) in [6.45, 7) is -1.22. The lowest BCUT2D eigenvalue weighted by molar-refractivity contribution is -0.148. The summed E-state index contributed by atoms with van der Waals surface area (Å²) in [5, 5.41) is 19.1. The second kappa shape index (κ2) is 5.83. The number of carbonyl (C=O) groups excluding carboxylic acids is 1.